The average molecular weight is 425 g/mol. The second-order valence-electron chi connectivity index (χ2n) is 8.16. The zero-order valence-corrected chi connectivity index (χ0v) is 17.9. The molecule has 4 aromatic rings. The SMILES string of the molecule is Cc1cc(C)cc(NC(=O)C[C@@H]2C(=O)N(Cc3ccccn3)c3nc4ccccc4n32)c1. The van der Waals surface area contributed by atoms with Crippen LogP contribution in [0.4, 0.5) is 11.6 Å². The topological polar surface area (TPSA) is 80.1 Å². The molecule has 2 aromatic heterocycles. The van der Waals surface area contributed by atoms with Crippen molar-refractivity contribution in [2.45, 2.75) is 32.9 Å². The number of rotatable bonds is 5. The van der Waals surface area contributed by atoms with Gasteiger partial charge in [0, 0.05) is 11.9 Å². The Morgan fingerprint density at radius 2 is 1.78 bits per heavy atom. The molecule has 0 radical (unpaired) electrons. The van der Waals surface area contributed by atoms with E-state index in [0.717, 1.165) is 33.5 Å². The number of imidazole rings is 1. The first-order chi connectivity index (χ1) is 15.5. The van der Waals surface area contributed by atoms with Crippen molar-refractivity contribution in [1.82, 2.24) is 14.5 Å². The van der Waals surface area contributed by atoms with Gasteiger partial charge in [0.25, 0.3) is 5.91 Å². The number of nitrogens with zero attached hydrogens (tertiary/aromatic N) is 4. The van der Waals surface area contributed by atoms with Crippen molar-refractivity contribution in [2.75, 3.05) is 10.2 Å². The van der Waals surface area contributed by atoms with E-state index in [1.165, 1.54) is 0 Å². The minimum Gasteiger partial charge on any atom is -0.326 e. The van der Waals surface area contributed by atoms with Crippen molar-refractivity contribution in [3.63, 3.8) is 0 Å². The lowest BCUT2D eigenvalue weighted by Gasteiger charge is -2.16. The summed E-state index contributed by atoms with van der Waals surface area (Å²) in [5, 5.41) is 2.95. The number of benzene rings is 2. The number of pyridine rings is 1. The van der Waals surface area contributed by atoms with E-state index >= 15 is 0 Å². The first kappa shape index (κ1) is 19.9. The van der Waals surface area contributed by atoms with Crippen LogP contribution < -0.4 is 10.2 Å². The molecule has 1 atom stereocenters. The molecule has 5 rings (SSSR count). The number of anilines is 2. The Balaban J connectivity index is 1.47. The predicted molar refractivity (Wildman–Crippen MR) is 123 cm³/mol. The minimum atomic E-state index is -0.660. The Hall–Kier alpha value is -4.00. The van der Waals surface area contributed by atoms with Gasteiger partial charge in [-0.15, -0.1) is 0 Å². The maximum Gasteiger partial charge on any atom is 0.253 e. The van der Waals surface area contributed by atoms with E-state index in [-0.39, 0.29) is 18.2 Å². The van der Waals surface area contributed by atoms with Crippen LogP contribution in [0, 0.1) is 13.8 Å². The molecule has 0 saturated carbocycles. The zero-order valence-electron chi connectivity index (χ0n) is 17.9. The van der Waals surface area contributed by atoms with Crippen molar-refractivity contribution in [1.29, 1.82) is 0 Å². The molecule has 0 spiro atoms. The third-order valence-corrected chi connectivity index (χ3v) is 5.61. The zero-order chi connectivity index (χ0) is 22.2. The fourth-order valence-corrected chi connectivity index (χ4v) is 4.33. The van der Waals surface area contributed by atoms with Gasteiger partial charge in [-0.25, -0.2) is 4.98 Å². The first-order valence-corrected chi connectivity index (χ1v) is 10.6. The van der Waals surface area contributed by atoms with E-state index in [4.69, 9.17) is 4.98 Å². The highest BCUT2D eigenvalue weighted by molar-refractivity contribution is 6.05. The highest BCUT2D eigenvalue weighted by atomic mass is 16.2. The number of hydrogen-bond donors (Lipinski definition) is 1. The summed E-state index contributed by atoms with van der Waals surface area (Å²) < 4.78 is 1.88. The summed E-state index contributed by atoms with van der Waals surface area (Å²) in [7, 11) is 0. The Morgan fingerprint density at radius 1 is 1.03 bits per heavy atom. The molecule has 7 nitrogen and oxygen atoms in total. The maximum atomic E-state index is 13.4. The second-order valence-corrected chi connectivity index (χ2v) is 8.16. The summed E-state index contributed by atoms with van der Waals surface area (Å²) in [5.41, 5.74) is 5.27. The Labute approximate surface area is 185 Å². The third-order valence-electron chi connectivity index (χ3n) is 5.61. The van der Waals surface area contributed by atoms with Crippen LogP contribution in [0.1, 0.15) is 29.3 Å². The smallest absolute Gasteiger partial charge is 0.253 e. The molecule has 1 aliphatic rings. The molecule has 32 heavy (non-hydrogen) atoms. The van der Waals surface area contributed by atoms with Crippen molar-refractivity contribution in [2.24, 2.45) is 0 Å². The molecule has 2 amide bonds. The summed E-state index contributed by atoms with van der Waals surface area (Å²) in [6.07, 6.45) is 1.73. The Kier molecular flexibility index (Phi) is 4.93. The van der Waals surface area contributed by atoms with Gasteiger partial charge in [-0.05, 0) is 61.4 Å². The number of hydrogen-bond acceptors (Lipinski definition) is 4. The molecule has 2 aromatic carbocycles. The number of aromatic nitrogens is 3. The first-order valence-electron chi connectivity index (χ1n) is 10.6. The lowest BCUT2D eigenvalue weighted by atomic mass is 10.1. The van der Waals surface area contributed by atoms with Gasteiger partial charge in [-0.1, -0.05) is 24.3 Å². The van der Waals surface area contributed by atoms with Crippen LogP contribution >= 0.6 is 0 Å². The summed E-state index contributed by atoms with van der Waals surface area (Å²) in [5.74, 6) is 0.183. The van der Waals surface area contributed by atoms with E-state index in [1.54, 1.807) is 11.1 Å². The molecule has 1 aliphatic heterocycles. The highest BCUT2D eigenvalue weighted by Crippen LogP contribution is 2.37. The summed E-state index contributed by atoms with van der Waals surface area (Å²) >= 11 is 0. The standard InChI is InChI=1S/C25H23N5O2/c1-16-11-17(2)13-19(12-16)27-23(31)14-22-24(32)29(15-18-7-5-6-10-26-18)25-28-20-8-3-4-9-21(20)30(22)25/h3-13,22H,14-15H2,1-2H3,(H,27,31)/t22-/m1/s1. The van der Waals surface area contributed by atoms with Gasteiger partial charge < -0.3 is 5.32 Å². The molecular weight excluding hydrogens is 402 g/mol. The molecule has 3 heterocycles. The van der Waals surface area contributed by atoms with Crippen LogP contribution in [0.5, 0.6) is 0 Å². The number of amides is 2. The summed E-state index contributed by atoms with van der Waals surface area (Å²) in [6.45, 7) is 4.28. The van der Waals surface area contributed by atoms with Gasteiger partial charge in [0.15, 0.2) is 0 Å². The molecule has 160 valence electrons. The average Bonchev–Trinajstić information content (AvgIpc) is 3.24. The molecule has 0 bridgehead atoms. The fraction of sp³-hybridized carbons (Fsp3) is 0.200. The van der Waals surface area contributed by atoms with E-state index in [1.807, 2.05) is 73.0 Å². The second kappa shape index (κ2) is 7.92. The lowest BCUT2D eigenvalue weighted by molar-refractivity contribution is -0.124. The van der Waals surface area contributed by atoms with Gasteiger partial charge in [0.2, 0.25) is 11.9 Å². The number of carbonyl (C=O) groups is 2. The molecular formula is C25H23N5O2. The summed E-state index contributed by atoms with van der Waals surface area (Å²) in [4.78, 5) is 37.0. The monoisotopic (exact) mass is 425 g/mol. The van der Waals surface area contributed by atoms with Crippen LogP contribution in [0.3, 0.4) is 0 Å². The Morgan fingerprint density at radius 3 is 2.53 bits per heavy atom. The van der Waals surface area contributed by atoms with Crippen LogP contribution in [-0.4, -0.2) is 26.3 Å². The quantitative estimate of drug-likeness (QED) is 0.521. The van der Waals surface area contributed by atoms with Crippen molar-refractivity contribution in [3.8, 4) is 0 Å². The maximum absolute atomic E-state index is 13.4. The normalized spacial score (nSPS) is 15.2. The molecule has 7 heteroatoms. The third kappa shape index (κ3) is 3.62. The van der Waals surface area contributed by atoms with Crippen molar-refractivity contribution >= 4 is 34.5 Å². The van der Waals surface area contributed by atoms with Crippen LogP contribution in [-0.2, 0) is 16.1 Å². The molecule has 0 fully saturated rings. The Bertz CT molecular complexity index is 1310. The van der Waals surface area contributed by atoms with Gasteiger partial charge in [-0.2, -0.15) is 0 Å². The van der Waals surface area contributed by atoms with Crippen LogP contribution in [0.2, 0.25) is 0 Å². The van der Waals surface area contributed by atoms with E-state index in [2.05, 4.69) is 16.4 Å². The van der Waals surface area contributed by atoms with Crippen molar-refractivity contribution < 1.29 is 9.59 Å². The van der Waals surface area contributed by atoms with Gasteiger partial charge in [0.1, 0.15) is 6.04 Å². The summed E-state index contributed by atoms with van der Waals surface area (Å²) in [6, 6.07) is 18.5. The largest absolute Gasteiger partial charge is 0.326 e. The van der Waals surface area contributed by atoms with Crippen LogP contribution in [0.25, 0.3) is 11.0 Å². The number of fused-ring (bicyclic) bond motifs is 3. The van der Waals surface area contributed by atoms with E-state index < -0.39 is 6.04 Å². The molecule has 1 N–H and O–H groups in total. The highest BCUT2D eigenvalue weighted by Gasteiger charge is 2.41. The van der Waals surface area contributed by atoms with Gasteiger partial charge in [0.05, 0.1) is 29.7 Å². The molecule has 0 saturated heterocycles. The fourth-order valence-electron chi connectivity index (χ4n) is 4.33. The number of aryl methyl sites for hydroxylation is 2. The van der Waals surface area contributed by atoms with Crippen LogP contribution in [0.15, 0.2) is 66.9 Å². The lowest BCUT2D eigenvalue weighted by Crippen LogP contribution is -2.31. The number of para-hydroxylation sites is 2. The van der Waals surface area contributed by atoms with Gasteiger partial charge in [-0.3, -0.25) is 24.0 Å². The molecule has 0 unspecified atom stereocenters. The van der Waals surface area contributed by atoms with E-state index in [0.29, 0.717) is 12.5 Å². The molecule has 0 aliphatic carbocycles. The minimum absolute atomic E-state index is 0.0257. The predicted octanol–water partition coefficient (Wildman–Crippen LogP) is 4.16. The van der Waals surface area contributed by atoms with Gasteiger partial charge >= 0.3 is 0 Å². The van der Waals surface area contributed by atoms with E-state index in [9.17, 15) is 9.59 Å². The number of carbonyl (C=O) groups excluding carboxylic acids is 2. The van der Waals surface area contributed by atoms with Crippen molar-refractivity contribution in [3.05, 3.63) is 83.7 Å². The number of nitrogens with one attached hydrogen (secondary N) is 1.